The SMILES string of the molecule is COC(=O)c1oc2nc(N)nc(Cl)c2c1C. The van der Waals surface area contributed by atoms with Crippen LogP contribution in [0.25, 0.3) is 11.1 Å². The van der Waals surface area contributed by atoms with Gasteiger partial charge in [-0.3, -0.25) is 0 Å². The molecule has 2 rings (SSSR count). The number of anilines is 1. The number of esters is 1. The van der Waals surface area contributed by atoms with Gasteiger partial charge >= 0.3 is 5.97 Å². The van der Waals surface area contributed by atoms with E-state index in [1.807, 2.05) is 0 Å². The molecule has 2 N–H and O–H groups in total. The highest BCUT2D eigenvalue weighted by molar-refractivity contribution is 6.34. The van der Waals surface area contributed by atoms with Crippen LogP contribution in [0, 0.1) is 6.92 Å². The number of halogens is 1. The van der Waals surface area contributed by atoms with Crippen LogP contribution in [0.1, 0.15) is 16.1 Å². The van der Waals surface area contributed by atoms with E-state index >= 15 is 0 Å². The predicted octanol–water partition coefficient (Wildman–Crippen LogP) is 1.55. The number of carbonyl (C=O) groups is 1. The maximum absolute atomic E-state index is 11.4. The summed E-state index contributed by atoms with van der Waals surface area (Å²) in [7, 11) is 1.26. The molecule has 2 aromatic rings. The number of carbonyl (C=O) groups excluding carboxylic acids is 1. The second-order valence-electron chi connectivity index (χ2n) is 3.10. The third kappa shape index (κ3) is 1.47. The van der Waals surface area contributed by atoms with Crippen molar-refractivity contribution >= 4 is 34.6 Å². The fourth-order valence-corrected chi connectivity index (χ4v) is 1.70. The molecule has 0 aliphatic rings. The number of hydrogen-bond donors (Lipinski definition) is 1. The zero-order valence-corrected chi connectivity index (χ0v) is 9.33. The second-order valence-corrected chi connectivity index (χ2v) is 3.46. The van der Waals surface area contributed by atoms with Crippen LogP contribution in [0.4, 0.5) is 5.95 Å². The van der Waals surface area contributed by atoms with E-state index in [1.54, 1.807) is 6.92 Å². The molecule has 84 valence electrons. The molecule has 0 saturated heterocycles. The number of furan rings is 1. The van der Waals surface area contributed by atoms with Crippen molar-refractivity contribution in [3.05, 3.63) is 16.5 Å². The summed E-state index contributed by atoms with van der Waals surface area (Å²) in [5, 5.41) is 0.621. The Hall–Kier alpha value is -1.82. The zero-order valence-electron chi connectivity index (χ0n) is 8.57. The summed E-state index contributed by atoms with van der Waals surface area (Å²) in [5.74, 6) is -0.549. The number of nitrogens with two attached hydrogens (primary N) is 1. The quantitative estimate of drug-likeness (QED) is 0.602. The molecule has 0 radical (unpaired) electrons. The molecule has 6 nitrogen and oxygen atoms in total. The molecule has 2 heterocycles. The molecule has 0 bridgehead atoms. The highest BCUT2D eigenvalue weighted by Gasteiger charge is 2.21. The number of aromatic nitrogens is 2. The maximum atomic E-state index is 11.4. The van der Waals surface area contributed by atoms with Gasteiger partial charge in [0.15, 0.2) is 0 Å². The Morgan fingerprint density at radius 1 is 1.50 bits per heavy atom. The van der Waals surface area contributed by atoms with E-state index in [0.717, 1.165) is 0 Å². The Balaban J connectivity index is 2.78. The van der Waals surface area contributed by atoms with Gasteiger partial charge in [-0.25, -0.2) is 9.78 Å². The van der Waals surface area contributed by atoms with Crippen molar-refractivity contribution in [3.63, 3.8) is 0 Å². The van der Waals surface area contributed by atoms with Crippen LogP contribution in [0.3, 0.4) is 0 Å². The van der Waals surface area contributed by atoms with Crippen LogP contribution in [0.15, 0.2) is 4.42 Å². The van der Waals surface area contributed by atoms with Crippen LogP contribution in [0.2, 0.25) is 5.15 Å². The smallest absolute Gasteiger partial charge is 0.374 e. The van der Waals surface area contributed by atoms with Gasteiger partial charge in [0, 0.05) is 5.56 Å². The molecule has 0 spiro atoms. The Morgan fingerprint density at radius 3 is 2.81 bits per heavy atom. The van der Waals surface area contributed by atoms with E-state index in [0.29, 0.717) is 10.9 Å². The summed E-state index contributed by atoms with van der Waals surface area (Å²) in [4.78, 5) is 19.0. The van der Waals surface area contributed by atoms with Crippen molar-refractivity contribution < 1.29 is 13.9 Å². The fraction of sp³-hybridized carbons (Fsp3) is 0.222. The van der Waals surface area contributed by atoms with Gasteiger partial charge in [0.1, 0.15) is 5.15 Å². The van der Waals surface area contributed by atoms with Gasteiger partial charge in [-0.15, -0.1) is 0 Å². The maximum Gasteiger partial charge on any atom is 0.374 e. The van der Waals surface area contributed by atoms with Crippen LogP contribution < -0.4 is 5.73 Å². The number of nitrogens with zero attached hydrogens (tertiary/aromatic N) is 2. The van der Waals surface area contributed by atoms with Gasteiger partial charge < -0.3 is 14.9 Å². The molecule has 7 heteroatoms. The van der Waals surface area contributed by atoms with Crippen molar-refractivity contribution in [3.8, 4) is 0 Å². The summed E-state index contributed by atoms with van der Waals surface area (Å²) in [6, 6.07) is 0. The highest BCUT2D eigenvalue weighted by Crippen LogP contribution is 2.29. The van der Waals surface area contributed by atoms with Crippen LogP contribution in [-0.2, 0) is 4.74 Å². The van der Waals surface area contributed by atoms with Gasteiger partial charge in [-0.2, -0.15) is 4.98 Å². The molecular weight excluding hydrogens is 234 g/mol. The van der Waals surface area contributed by atoms with Crippen molar-refractivity contribution in [1.82, 2.24) is 9.97 Å². The molecule has 0 fully saturated rings. The van der Waals surface area contributed by atoms with Crippen molar-refractivity contribution in [1.29, 1.82) is 0 Å². The third-order valence-electron chi connectivity index (χ3n) is 2.13. The first kappa shape index (κ1) is 10.7. The van der Waals surface area contributed by atoms with E-state index in [2.05, 4.69) is 14.7 Å². The fourth-order valence-electron chi connectivity index (χ4n) is 1.39. The topological polar surface area (TPSA) is 91.2 Å². The van der Waals surface area contributed by atoms with Gasteiger partial charge in [0.2, 0.25) is 17.4 Å². The van der Waals surface area contributed by atoms with Crippen molar-refractivity contribution in [2.45, 2.75) is 6.92 Å². The van der Waals surface area contributed by atoms with Gasteiger partial charge in [0.25, 0.3) is 0 Å². The Bertz CT molecular complexity index is 579. The average molecular weight is 242 g/mol. The van der Waals surface area contributed by atoms with E-state index in [1.165, 1.54) is 7.11 Å². The molecule has 0 saturated carbocycles. The minimum atomic E-state index is -0.592. The lowest BCUT2D eigenvalue weighted by Gasteiger charge is -1.95. The Labute approximate surface area is 95.4 Å². The standard InChI is InChI=1S/C9H8ClN3O3/c1-3-4-6(10)12-9(11)13-7(4)16-5(3)8(14)15-2/h1-2H3,(H2,11,12,13). The predicted molar refractivity (Wildman–Crippen MR) is 57.3 cm³/mol. The molecule has 0 amide bonds. The van der Waals surface area contributed by atoms with Gasteiger partial charge in [0.05, 0.1) is 12.5 Å². The summed E-state index contributed by atoms with van der Waals surface area (Å²) >= 11 is 5.89. The lowest BCUT2D eigenvalue weighted by Crippen LogP contribution is -2.00. The number of fused-ring (bicyclic) bond motifs is 1. The highest BCUT2D eigenvalue weighted by atomic mass is 35.5. The summed E-state index contributed by atoms with van der Waals surface area (Å²) in [5.41, 5.74) is 6.12. The number of aryl methyl sites for hydroxylation is 1. The van der Waals surface area contributed by atoms with E-state index < -0.39 is 5.97 Å². The normalized spacial score (nSPS) is 10.7. The first-order valence-electron chi connectivity index (χ1n) is 4.35. The van der Waals surface area contributed by atoms with E-state index in [4.69, 9.17) is 21.8 Å². The molecule has 2 aromatic heterocycles. The summed E-state index contributed by atoms with van der Waals surface area (Å²) in [6.45, 7) is 1.67. The van der Waals surface area contributed by atoms with Crippen LogP contribution in [0.5, 0.6) is 0 Å². The molecule has 0 atom stereocenters. The van der Waals surface area contributed by atoms with Crippen molar-refractivity contribution in [2.24, 2.45) is 0 Å². The second kappa shape index (κ2) is 3.64. The lowest BCUT2D eigenvalue weighted by atomic mass is 10.2. The molecule has 0 unspecified atom stereocenters. The minimum Gasteiger partial charge on any atom is -0.463 e. The molecule has 0 aliphatic heterocycles. The van der Waals surface area contributed by atoms with Crippen molar-refractivity contribution in [2.75, 3.05) is 12.8 Å². The Kier molecular flexibility index (Phi) is 2.43. The molecule has 0 aromatic carbocycles. The molecule has 16 heavy (non-hydrogen) atoms. The molecular formula is C9H8ClN3O3. The van der Waals surface area contributed by atoms with Gasteiger partial charge in [-0.1, -0.05) is 11.6 Å². The summed E-state index contributed by atoms with van der Waals surface area (Å²) < 4.78 is 9.78. The number of nitrogen functional groups attached to an aromatic ring is 1. The number of ether oxygens (including phenoxy) is 1. The first-order valence-corrected chi connectivity index (χ1v) is 4.72. The summed E-state index contributed by atoms with van der Waals surface area (Å²) in [6.07, 6.45) is 0. The average Bonchev–Trinajstić information content (AvgIpc) is 2.54. The third-order valence-corrected chi connectivity index (χ3v) is 2.41. The monoisotopic (exact) mass is 241 g/mol. The van der Waals surface area contributed by atoms with Gasteiger partial charge in [-0.05, 0) is 6.92 Å². The van der Waals surface area contributed by atoms with E-state index in [9.17, 15) is 4.79 Å². The molecule has 0 aliphatic carbocycles. The number of methoxy groups -OCH3 is 1. The number of hydrogen-bond acceptors (Lipinski definition) is 6. The number of rotatable bonds is 1. The van der Waals surface area contributed by atoms with Crippen LogP contribution in [-0.4, -0.2) is 23.0 Å². The van der Waals surface area contributed by atoms with Crippen LogP contribution >= 0.6 is 11.6 Å². The zero-order chi connectivity index (χ0) is 11.9. The van der Waals surface area contributed by atoms with E-state index in [-0.39, 0.29) is 22.6 Å². The largest absolute Gasteiger partial charge is 0.463 e. The lowest BCUT2D eigenvalue weighted by molar-refractivity contribution is 0.0566. The Morgan fingerprint density at radius 2 is 2.19 bits per heavy atom. The minimum absolute atomic E-state index is 0.0114. The first-order chi connectivity index (χ1) is 7.54.